The van der Waals surface area contributed by atoms with Crippen LogP contribution < -0.4 is 15.4 Å². The van der Waals surface area contributed by atoms with Crippen molar-refractivity contribution in [2.24, 2.45) is 5.92 Å². The van der Waals surface area contributed by atoms with Gasteiger partial charge >= 0.3 is 0 Å². The number of aromatic nitrogens is 1. The van der Waals surface area contributed by atoms with E-state index < -0.39 is 0 Å². The molecule has 2 N–H and O–H groups in total. The normalized spacial score (nSPS) is 16.0. The third-order valence-corrected chi connectivity index (χ3v) is 5.94. The van der Waals surface area contributed by atoms with E-state index in [-0.39, 0.29) is 11.3 Å². The molecule has 28 heavy (non-hydrogen) atoms. The van der Waals surface area contributed by atoms with Gasteiger partial charge in [0, 0.05) is 37.1 Å². The number of hydrogen-bond donors (Lipinski definition) is 2. The molecule has 1 aromatic carbocycles. The van der Waals surface area contributed by atoms with Crippen molar-refractivity contribution in [3.05, 3.63) is 40.9 Å². The number of nitrogens with zero attached hydrogens (tertiary/aromatic N) is 1. The smallest absolute Gasteiger partial charge is 0.270 e. The van der Waals surface area contributed by atoms with E-state index in [0.29, 0.717) is 31.4 Å². The monoisotopic (exact) mass is 403 g/mol. The van der Waals surface area contributed by atoms with Crippen LogP contribution in [0.25, 0.3) is 0 Å². The molecule has 1 aliphatic rings. The second kappa shape index (κ2) is 9.39. The molecular weight excluding hydrogens is 374 g/mol. The Morgan fingerprint density at radius 3 is 2.64 bits per heavy atom. The molecule has 0 atom stereocenters. The van der Waals surface area contributed by atoms with Gasteiger partial charge in [-0.2, -0.15) is 0 Å². The minimum absolute atomic E-state index is 0.130. The highest BCUT2D eigenvalue weighted by Gasteiger charge is 2.35. The minimum atomic E-state index is -0.131. The van der Waals surface area contributed by atoms with Gasteiger partial charge < -0.3 is 20.1 Å². The Kier molecular flexibility index (Phi) is 6.91. The fraction of sp³-hybridized carbons (Fsp3) is 0.524. The van der Waals surface area contributed by atoms with E-state index in [4.69, 9.17) is 9.47 Å². The van der Waals surface area contributed by atoms with Crippen molar-refractivity contribution >= 4 is 22.4 Å². The summed E-state index contributed by atoms with van der Waals surface area (Å²) in [5, 5.41) is 8.97. The van der Waals surface area contributed by atoms with Crippen LogP contribution in [0.2, 0.25) is 0 Å². The lowest BCUT2D eigenvalue weighted by Crippen LogP contribution is -2.44. The van der Waals surface area contributed by atoms with Crippen LogP contribution in [-0.2, 0) is 10.2 Å². The maximum Gasteiger partial charge on any atom is 0.270 e. The molecule has 6 nitrogen and oxygen atoms in total. The molecule has 0 spiro atoms. The summed E-state index contributed by atoms with van der Waals surface area (Å²) in [6, 6.07) is 8.13. The molecule has 7 heteroatoms. The Morgan fingerprint density at radius 2 is 2.00 bits per heavy atom. The molecule has 1 fully saturated rings. The summed E-state index contributed by atoms with van der Waals surface area (Å²) in [6.45, 7) is 7.08. The molecular formula is C21H29N3O3S. The van der Waals surface area contributed by atoms with Crippen LogP contribution >= 0.6 is 11.3 Å². The zero-order valence-electron chi connectivity index (χ0n) is 16.8. The first-order valence-corrected chi connectivity index (χ1v) is 10.6. The number of anilines is 1. The molecule has 152 valence electrons. The van der Waals surface area contributed by atoms with Gasteiger partial charge in [0.1, 0.15) is 11.4 Å². The predicted molar refractivity (Wildman–Crippen MR) is 112 cm³/mol. The molecule has 0 aliphatic carbocycles. The van der Waals surface area contributed by atoms with Gasteiger partial charge in [-0.15, -0.1) is 11.3 Å². The molecule has 2 heterocycles. The summed E-state index contributed by atoms with van der Waals surface area (Å²) in [7, 11) is 1.66. The van der Waals surface area contributed by atoms with Crippen LogP contribution in [-0.4, -0.2) is 44.3 Å². The van der Waals surface area contributed by atoms with Crippen molar-refractivity contribution in [2.75, 3.05) is 38.7 Å². The Bertz CT molecular complexity index is 767. The maximum absolute atomic E-state index is 12.7. The number of nitrogens with one attached hydrogen (secondary N) is 2. The molecule has 0 saturated carbocycles. The van der Waals surface area contributed by atoms with E-state index >= 15 is 0 Å². The molecule has 1 saturated heterocycles. The predicted octanol–water partition coefficient (Wildman–Crippen LogP) is 3.70. The van der Waals surface area contributed by atoms with E-state index in [1.807, 2.05) is 17.5 Å². The van der Waals surface area contributed by atoms with Crippen LogP contribution in [0.5, 0.6) is 5.75 Å². The van der Waals surface area contributed by atoms with Gasteiger partial charge in [-0.25, -0.2) is 4.98 Å². The van der Waals surface area contributed by atoms with Crippen molar-refractivity contribution in [1.29, 1.82) is 0 Å². The van der Waals surface area contributed by atoms with Gasteiger partial charge in [0.05, 0.1) is 7.11 Å². The maximum atomic E-state index is 12.7. The number of rotatable bonds is 8. The summed E-state index contributed by atoms with van der Waals surface area (Å²) in [4.78, 5) is 17.1. The quantitative estimate of drug-likeness (QED) is 0.703. The van der Waals surface area contributed by atoms with Crippen LogP contribution in [0.3, 0.4) is 0 Å². The largest absolute Gasteiger partial charge is 0.497 e. The Morgan fingerprint density at radius 1 is 1.29 bits per heavy atom. The van der Waals surface area contributed by atoms with Gasteiger partial charge in [-0.3, -0.25) is 4.79 Å². The van der Waals surface area contributed by atoms with Crippen molar-refractivity contribution in [3.8, 4) is 5.75 Å². The second-order valence-corrected chi connectivity index (χ2v) is 8.47. The summed E-state index contributed by atoms with van der Waals surface area (Å²) >= 11 is 1.46. The summed E-state index contributed by atoms with van der Waals surface area (Å²) in [5.74, 6) is 1.23. The van der Waals surface area contributed by atoms with Gasteiger partial charge in [0.2, 0.25) is 0 Å². The lowest BCUT2D eigenvalue weighted by Gasteiger charge is -2.38. The van der Waals surface area contributed by atoms with Crippen molar-refractivity contribution in [3.63, 3.8) is 0 Å². The first kappa shape index (κ1) is 20.6. The van der Waals surface area contributed by atoms with E-state index in [1.165, 1.54) is 16.9 Å². The first-order valence-electron chi connectivity index (χ1n) is 9.72. The number of benzene rings is 1. The zero-order chi connectivity index (χ0) is 20.0. The third kappa shape index (κ3) is 5.02. The first-order chi connectivity index (χ1) is 13.5. The average molecular weight is 404 g/mol. The third-order valence-electron chi connectivity index (χ3n) is 5.14. The molecule has 0 unspecified atom stereocenters. The summed E-state index contributed by atoms with van der Waals surface area (Å²) in [5.41, 5.74) is 1.54. The average Bonchev–Trinajstić information content (AvgIpc) is 3.20. The molecule has 2 aromatic rings. The molecule has 0 radical (unpaired) electrons. The Balaban J connectivity index is 1.67. The van der Waals surface area contributed by atoms with E-state index in [9.17, 15) is 4.79 Å². The lowest BCUT2D eigenvalue weighted by molar-refractivity contribution is 0.0486. The Labute approximate surface area is 170 Å². The summed E-state index contributed by atoms with van der Waals surface area (Å²) < 4.78 is 10.9. The van der Waals surface area contributed by atoms with Crippen molar-refractivity contribution < 1.29 is 14.3 Å². The van der Waals surface area contributed by atoms with E-state index in [2.05, 4.69) is 41.6 Å². The van der Waals surface area contributed by atoms with Gasteiger partial charge in [-0.05, 0) is 36.5 Å². The number of hydrogen-bond acceptors (Lipinski definition) is 6. The van der Waals surface area contributed by atoms with E-state index in [1.54, 1.807) is 7.11 Å². The Hall–Kier alpha value is -2.12. The summed E-state index contributed by atoms with van der Waals surface area (Å²) in [6.07, 6.45) is 1.75. The van der Waals surface area contributed by atoms with Crippen LogP contribution in [0, 0.1) is 5.92 Å². The number of thiazole rings is 1. The van der Waals surface area contributed by atoms with E-state index in [0.717, 1.165) is 30.3 Å². The van der Waals surface area contributed by atoms with Gasteiger partial charge in [0.15, 0.2) is 5.13 Å². The van der Waals surface area contributed by atoms with Gasteiger partial charge in [0.25, 0.3) is 5.91 Å². The highest BCUT2D eigenvalue weighted by molar-refractivity contribution is 7.13. The van der Waals surface area contributed by atoms with Crippen LogP contribution in [0.4, 0.5) is 5.13 Å². The van der Waals surface area contributed by atoms with Crippen molar-refractivity contribution in [1.82, 2.24) is 10.3 Å². The number of methoxy groups -OCH3 is 1. The standard InChI is InChI=1S/C21H29N3O3S/c1-15(2)12-22-20-24-18(13-28-20)19(25)23-14-21(8-10-27-11-9-21)16-4-6-17(26-3)7-5-16/h4-7,13,15H,8-12,14H2,1-3H3,(H,22,24)(H,23,25). The fourth-order valence-electron chi connectivity index (χ4n) is 3.36. The topological polar surface area (TPSA) is 72.5 Å². The SMILES string of the molecule is COc1ccc(C2(CNC(=O)c3csc(NCC(C)C)n3)CCOCC2)cc1. The fourth-order valence-corrected chi connectivity index (χ4v) is 4.07. The molecule has 1 amide bonds. The second-order valence-electron chi connectivity index (χ2n) is 7.62. The number of carbonyl (C=O) groups excluding carboxylic acids is 1. The zero-order valence-corrected chi connectivity index (χ0v) is 17.6. The lowest BCUT2D eigenvalue weighted by atomic mass is 9.74. The number of carbonyl (C=O) groups is 1. The molecule has 1 aromatic heterocycles. The van der Waals surface area contributed by atoms with Gasteiger partial charge in [-0.1, -0.05) is 26.0 Å². The highest BCUT2D eigenvalue weighted by Crippen LogP contribution is 2.35. The molecule has 0 bridgehead atoms. The van der Waals surface area contributed by atoms with Crippen LogP contribution in [0.1, 0.15) is 42.7 Å². The van der Waals surface area contributed by atoms with Crippen LogP contribution in [0.15, 0.2) is 29.6 Å². The highest BCUT2D eigenvalue weighted by atomic mass is 32.1. The van der Waals surface area contributed by atoms with Crippen molar-refractivity contribution in [2.45, 2.75) is 32.1 Å². The molecule has 1 aliphatic heterocycles. The number of amides is 1. The number of ether oxygens (including phenoxy) is 2. The minimum Gasteiger partial charge on any atom is -0.497 e. The molecule has 3 rings (SSSR count).